The highest BCUT2D eigenvalue weighted by molar-refractivity contribution is 6.30. The number of hydrogen-bond donors (Lipinski definition) is 0. The Bertz CT molecular complexity index is 852. The number of oxime groups is 1. The third kappa shape index (κ3) is 3.95. The Balaban J connectivity index is 1.95. The van der Waals surface area contributed by atoms with Crippen molar-refractivity contribution in [2.45, 2.75) is 25.3 Å². The summed E-state index contributed by atoms with van der Waals surface area (Å²) in [6.07, 6.45) is -0.110. The Hall–Kier alpha value is -2.48. The summed E-state index contributed by atoms with van der Waals surface area (Å²) in [6, 6.07) is 6.63. The molecule has 0 aliphatic carbocycles. The van der Waals surface area contributed by atoms with Crippen LogP contribution >= 0.6 is 11.6 Å². The van der Waals surface area contributed by atoms with Crippen LogP contribution in [0.1, 0.15) is 40.9 Å². The van der Waals surface area contributed by atoms with E-state index in [-0.39, 0.29) is 11.6 Å². The van der Waals surface area contributed by atoms with Gasteiger partial charge in [0.15, 0.2) is 0 Å². The van der Waals surface area contributed by atoms with Gasteiger partial charge in [-0.25, -0.2) is 8.78 Å². The molecule has 0 N–H and O–H groups in total. The van der Waals surface area contributed by atoms with Crippen LogP contribution < -0.4 is 0 Å². The van der Waals surface area contributed by atoms with Crippen molar-refractivity contribution in [2.75, 3.05) is 13.7 Å². The maximum absolute atomic E-state index is 13.3. The van der Waals surface area contributed by atoms with Gasteiger partial charge in [-0.3, -0.25) is 9.48 Å². The molecule has 1 atom stereocenters. The molecule has 0 radical (unpaired) electrons. The molecule has 0 bridgehead atoms. The lowest BCUT2D eigenvalue weighted by atomic mass is 10.0. The highest BCUT2D eigenvalue weighted by atomic mass is 35.5. The number of carbonyl (C=O) groups excluding carboxylic acids is 1. The largest absolute Gasteiger partial charge is 0.399 e. The molecule has 2 heterocycles. The Morgan fingerprint density at radius 2 is 2.07 bits per heavy atom. The number of likely N-dealkylation sites (tertiary alicyclic amines) is 1. The van der Waals surface area contributed by atoms with Crippen LogP contribution in [0.2, 0.25) is 5.02 Å². The summed E-state index contributed by atoms with van der Waals surface area (Å²) in [7, 11) is 2.93. The standard InChI is InChI=1S/C18H19ClF2N4O2/c1-24-10-13(16(22-24)17(20)21)18(26)25-9-3-4-14(25)15(23-27-2)11-5-7-12(19)8-6-11/h5-8,10,14,17H,3-4,9H2,1-2H3/b23-15+/t14-/m0/s1. The van der Waals surface area contributed by atoms with E-state index in [0.717, 1.165) is 12.0 Å². The molecule has 3 rings (SSSR count). The first-order chi connectivity index (χ1) is 12.9. The zero-order valence-corrected chi connectivity index (χ0v) is 15.7. The summed E-state index contributed by atoms with van der Waals surface area (Å²) < 4.78 is 27.8. The molecule has 1 aromatic carbocycles. The number of halogens is 3. The lowest BCUT2D eigenvalue weighted by Crippen LogP contribution is -2.41. The third-order valence-corrected chi connectivity index (χ3v) is 4.71. The quantitative estimate of drug-likeness (QED) is 0.572. The van der Waals surface area contributed by atoms with Crippen molar-refractivity contribution in [3.8, 4) is 0 Å². The molecule has 144 valence electrons. The van der Waals surface area contributed by atoms with Crippen molar-refractivity contribution < 1.29 is 18.4 Å². The topological polar surface area (TPSA) is 59.7 Å². The SMILES string of the molecule is CO/N=C(\c1ccc(Cl)cc1)[C@@H]1CCCN1C(=O)c1cn(C)nc1C(F)F. The monoisotopic (exact) mass is 396 g/mol. The van der Waals surface area contributed by atoms with Crippen molar-refractivity contribution in [1.82, 2.24) is 14.7 Å². The van der Waals surface area contributed by atoms with Gasteiger partial charge < -0.3 is 9.74 Å². The molecule has 1 aliphatic heterocycles. The van der Waals surface area contributed by atoms with E-state index in [9.17, 15) is 13.6 Å². The summed E-state index contributed by atoms with van der Waals surface area (Å²) >= 11 is 5.95. The fraction of sp³-hybridized carbons (Fsp3) is 0.389. The predicted molar refractivity (Wildman–Crippen MR) is 97.2 cm³/mol. The van der Waals surface area contributed by atoms with Crippen LogP contribution in [0.15, 0.2) is 35.6 Å². The van der Waals surface area contributed by atoms with Gasteiger partial charge in [-0.2, -0.15) is 5.10 Å². The van der Waals surface area contributed by atoms with E-state index in [4.69, 9.17) is 16.4 Å². The molecule has 1 aromatic heterocycles. The first-order valence-corrected chi connectivity index (χ1v) is 8.79. The number of nitrogens with zero attached hydrogens (tertiary/aromatic N) is 4. The lowest BCUT2D eigenvalue weighted by Gasteiger charge is -2.25. The first-order valence-electron chi connectivity index (χ1n) is 8.42. The van der Waals surface area contributed by atoms with Gasteiger partial charge in [-0.15, -0.1) is 0 Å². The molecular formula is C18H19ClF2N4O2. The number of rotatable bonds is 5. The van der Waals surface area contributed by atoms with E-state index in [1.807, 2.05) is 0 Å². The number of alkyl halides is 2. The second-order valence-electron chi connectivity index (χ2n) is 6.22. The van der Waals surface area contributed by atoms with E-state index in [1.54, 1.807) is 29.2 Å². The summed E-state index contributed by atoms with van der Waals surface area (Å²) in [5.74, 6) is -0.487. The van der Waals surface area contributed by atoms with Crippen LogP contribution in [0.3, 0.4) is 0 Å². The average molecular weight is 397 g/mol. The molecule has 1 aliphatic rings. The fourth-order valence-corrected chi connectivity index (χ4v) is 3.43. The molecule has 2 aromatic rings. The number of amides is 1. The average Bonchev–Trinajstić information content (AvgIpc) is 3.27. The van der Waals surface area contributed by atoms with Gasteiger partial charge in [0.2, 0.25) is 0 Å². The van der Waals surface area contributed by atoms with E-state index < -0.39 is 18.0 Å². The molecule has 0 saturated carbocycles. The van der Waals surface area contributed by atoms with Crippen LogP contribution in [0, 0.1) is 0 Å². The summed E-state index contributed by atoms with van der Waals surface area (Å²) in [5.41, 5.74) is 0.714. The minimum absolute atomic E-state index is 0.0905. The molecule has 9 heteroatoms. The van der Waals surface area contributed by atoms with Crippen molar-refractivity contribution >= 4 is 23.2 Å². The molecule has 27 heavy (non-hydrogen) atoms. The van der Waals surface area contributed by atoms with Crippen LogP contribution in [0.5, 0.6) is 0 Å². The Morgan fingerprint density at radius 3 is 2.70 bits per heavy atom. The van der Waals surface area contributed by atoms with Gasteiger partial charge in [0, 0.05) is 30.4 Å². The van der Waals surface area contributed by atoms with E-state index >= 15 is 0 Å². The highest BCUT2D eigenvalue weighted by Crippen LogP contribution is 2.28. The fourth-order valence-electron chi connectivity index (χ4n) is 3.31. The zero-order chi connectivity index (χ0) is 19.6. The van der Waals surface area contributed by atoms with Gasteiger partial charge in [0.05, 0.1) is 11.6 Å². The Kier molecular flexibility index (Phi) is 5.74. The molecular weight excluding hydrogens is 378 g/mol. The highest BCUT2D eigenvalue weighted by Gasteiger charge is 2.36. The maximum Gasteiger partial charge on any atom is 0.282 e. The van der Waals surface area contributed by atoms with Crippen molar-refractivity contribution in [1.29, 1.82) is 0 Å². The van der Waals surface area contributed by atoms with Crippen molar-refractivity contribution in [3.63, 3.8) is 0 Å². The summed E-state index contributed by atoms with van der Waals surface area (Å²) in [5, 5.41) is 8.41. The number of aromatic nitrogens is 2. The molecule has 1 amide bonds. The van der Waals surface area contributed by atoms with Gasteiger partial charge in [-0.05, 0) is 25.0 Å². The second kappa shape index (κ2) is 8.04. The predicted octanol–water partition coefficient (Wildman–Crippen LogP) is 3.67. The van der Waals surface area contributed by atoms with Crippen LogP contribution in [0.4, 0.5) is 8.78 Å². The molecule has 6 nitrogen and oxygen atoms in total. The van der Waals surface area contributed by atoms with E-state index in [0.29, 0.717) is 23.7 Å². The minimum atomic E-state index is -2.82. The smallest absolute Gasteiger partial charge is 0.282 e. The zero-order valence-electron chi connectivity index (χ0n) is 14.9. The molecule has 0 spiro atoms. The lowest BCUT2D eigenvalue weighted by molar-refractivity contribution is 0.0755. The van der Waals surface area contributed by atoms with E-state index in [1.165, 1.54) is 25.0 Å². The minimum Gasteiger partial charge on any atom is -0.399 e. The van der Waals surface area contributed by atoms with Gasteiger partial charge in [0.1, 0.15) is 18.5 Å². The third-order valence-electron chi connectivity index (χ3n) is 4.45. The Labute approximate surface area is 160 Å². The number of carbonyl (C=O) groups is 1. The molecule has 1 saturated heterocycles. The molecule has 1 fully saturated rings. The van der Waals surface area contributed by atoms with Gasteiger partial charge >= 0.3 is 0 Å². The summed E-state index contributed by atoms with van der Waals surface area (Å²) in [4.78, 5) is 19.5. The second-order valence-corrected chi connectivity index (χ2v) is 6.66. The van der Waals surface area contributed by atoms with Crippen LogP contribution in [-0.4, -0.2) is 46.0 Å². The maximum atomic E-state index is 13.3. The summed E-state index contributed by atoms with van der Waals surface area (Å²) in [6.45, 7) is 0.442. The van der Waals surface area contributed by atoms with Gasteiger partial charge in [-0.1, -0.05) is 28.9 Å². The number of benzene rings is 1. The van der Waals surface area contributed by atoms with Crippen LogP contribution in [0.25, 0.3) is 0 Å². The van der Waals surface area contributed by atoms with E-state index in [2.05, 4.69) is 10.3 Å². The molecule has 0 unspecified atom stereocenters. The normalized spacial score (nSPS) is 17.6. The van der Waals surface area contributed by atoms with Crippen molar-refractivity contribution in [2.24, 2.45) is 12.2 Å². The van der Waals surface area contributed by atoms with Crippen LogP contribution in [-0.2, 0) is 11.9 Å². The van der Waals surface area contributed by atoms with Gasteiger partial charge in [0.25, 0.3) is 12.3 Å². The Morgan fingerprint density at radius 1 is 1.37 bits per heavy atom. The number of hydrogen-bond acceptors (Lipinski definition) is 4. The first kappa shape index (κ1) is 19.3. The van der Waals surface area contributed by atoms with Crippen molar-refractivity contribution in [3.05, 3.63) is 52.3 Å². The number of aryl methyl sites for hydroxylation is 1.